The van der Waals surface area contributed by atoms with Crippen molar-refractivity contribution in [3.05, 3.63) is 40.7 Å². The molecule has 0 aliphatic rings. The van der Waals surface area contributed by atoms with Crippen molar-refractivity contribution in [2.45, 2.75) is 6.92 Å². The smallest absolute Gasteiger partial charge is 0.333 e. The van der Waals surface area contributed by atoms with Crippen molar-refractivity contribution in [3.8, 4) is 11.5 Å². The van der Waals surface area contributed by atoms with Crippen molar-refractivity contribution in [3.63, 3.8) is 0 Å². The number of carbonyl (C=O) groups excluding carboxylic acids is 1. The average Bonchev–Trinajstić information content (AvgIpc) is 2.38. The molecule has 0 aliphatic heterocycles. The summed E-state index contributed by atoms with van der Waals surface area (Å²) in [4.78, 5) is 21.1. The lowest BCUT2D eigenvalue weighted by Gasteiger charge is -2.04. The van der Waals surface area contributed by atoms with Crippen molar-refractivity contribution in [1.82, 2.24) is 0 Å². The molecule has 102 valence electrons. The minimum Gasteiger partial charge on any atom is -0.496 e. The predicted octanol–water partition coefficient (Wildman–Crippen LogP) is 2.06. The highest BCUT2D eigenvalue weighted by Crippen LogP contribution is 2.27. The summed E-state index contributed by atoms with van der Waals surface area (Å²) in [5, 5.41) is 10.7. The molecule has 0 saturated carbocycles. The zero-order chi connectivity index (χ0) is 14.3. The molecule has 19 heavy (non-hydrogen) atoms. The largest absolute Gasteiger partial charge is 0.496 e. The van der Waals surface area contributed by atoms with Crippen LogP contribution in [0.4, 0.5) is 5.69 Å². The molecule has 0 aliphatic carbocycles. The molecule has 7 heteroatoms. The Labute approximate surface area is 109 Å². The number of hydrogen-bond donors (Lipinski definition) is 0. The molecule has 0 unspecified atom stereocenters. The van der Waals surface area contributed by atoms with Gasteiger partial charge in [-0.25, -0.2) is 4.79 Å². The van der Waals surface area contributed by atoms with Crippen molar-refractivity contribution in [1.29, 1.82) is 0 Å². The molecular formula is C12H13NO6. The lowest BCUT2D eigenvalue weighted by atomic mass is 10.3. The third-order valence-corrected chi connectivity index (χ3v) is 2.01. The van der Waals surface area contributed by atoms with E-state index in [0.29, 0.717) is 0 Å². The lowest BCUT2D eigenvalue weighted by Crippen LogP contribution is -1.99. The Morgan fingerprint density at radius 2 is 2.05 bits per heavy atom. The Morgan fingerprint density at radius 1 is 1.37 bits per heavy atom. The second-order valence-corrected chi connectivity index (χ2v) is 3.30. The van der Waals surface area contributed by atoms with E-state index in [1.165, 1.54) is 25.3 Å². The average molecular weight is 267 g/mol. The number of benzene rings is 1. The number of nitro benzene ring substituents is 1. The molecule has 0 fully saturated rings. The molecule has 0 bridgehead atoms. The van der Waals surface area contributed by atoms with Crippen LogP contribution in [0.3, 0.4) is 0 Å². The Balaban J connectivity index is 2.80. The van der Waals surface area contributed by atoms with E-state index >= 15 is 0 Å². The summed E-state index contributed by atoms with van der Waals surface area (Å²) in [5.41, 5.74) is -0.168. The van der Waals surface area contributed by atoms with Gasteiger partial charge in [-0.2, -0.15) is 0 Å². The molecule has 0 spiro atoms. The third kappa shape index (κ3) is 4.66. The zero-order valence-corrected chi connectivity index (χ0v) is 10.5. The molecular weight excluding hydrogens is 254 g/mol. The summed E-state index contributed by atoms with van der Waals surface area (Å²) < 4.78 is 14.6. The van der Waals surface area contributed by atoms with Crippen molar-refractivity contribution < 1.29 is 23.9 Å². The van der Waals surface area contributed by atoms with E-state index < -0.39 is 10.9 Å². The minimum absolute atomic E-state index is 0.168. The Morgan fingerprint density at radius 3 is 2.63 bits per heavy atom. The predicted molar refractivity (Wildman–Crippen MR) is 66.0 cm³/mol. The third-order valence-electron chi connectivity index (χ3n) is 2.01. The number of nitrogens with zero attached hydrogens (tertiary/aromatic N) is 1. The van der Waals surface area contributed by atoms with Gasteiger partial charge in [-0.15, -0.1) is 0 Å². The molecule has 1 rings (SSSR count). The Bertz CT molecular complexity index is 497. The van der Waals surface area contributed by atoms with E-state index in [-0.39, 0.29) is 23.8 Å². The number of non-ortho nitro benzene ring substituents is 1. The van der Waals surface area contributed by atoms with Gasteiger partial charge < -0.3 is 14.2 Å². The summed E-state index contributed by atoms with van der Waals surface area (Å²) in [6.07, 6.45) is 2.17. The van der Waals surface area contributed by atoms with Gasteiger partial charge in [-0.05, 0) is 6.92 Å². The normalized spacial score (nSPS) is 10.2. The number of carbonyl (C=O) groups is 1. The van der Waals surface area contributed by atoms with Crippen LogP contribution in [0.2, 0.25) is 0 Å². The quantitative estimate of drug-likeness (QED) is 0.258. The number of esters is 1. The second-order valence-electron chi connectivity index (χ2n) is 3.30. The molecule has 0 saturated heterocycles. The first-order valence-corrected chi connectivity index (χ1v) is 5.40. The molecule has 0 N–H and O–H groups in total. The topological polar surface area (TPSA) is 87.9 Å². The van der Waals surface area contributed by atoms with Gasteiger partial charge in [0, 0.05) is 6.07 Å². The van der Waals surface area contributed by atoms with E-state index in [4.69, 9.17) is 9.47 Å². The number of hydrogen-bond acceptors (Lipinski definition) is 6. The van der Waals surface area contributed by atoms with Gasteiger partial charge in [0.2, 0.25) is 0 Å². The highest BCUT2D eigenvalue weighted by atomic mass is 16.6. The van der Waals surface area contributed by atoms with Gasteiger partial charge in [0.15, 0.2) is 0 Å². The molecule has 1 aromatic rings. The van der Waals surface area contributed by atoms with Crippen molar-refractivity contribution >= 4 is 11.7 Å². The first kappa shape index (κ1) is 14.5. The lowest BCUT2D eigenvalue weighted by molar-refractivity contribution is -0.385. The summed E-state index contributed by atoms with van der Waals surface area (Å²) in [5.74, 6) is -0.0831. The van der Waals surface area contributed by atoms with Gasteiger partial charge in [-0.1, -0.05) is 0 Å². The van der Waals surface area contributed by atoms with E-state index in [0.717, 1.165) is 12.3 Å². The molecule has 7 nitrogen and oxygen atoms in total. The van der Waals surface area contributed by atoms with Crippen molar-refractivity contribution in [2.75, 3.05) is 13.7 Å². The van der Waals surface area contributed by atoms with Crippen LogP contribution in [0.25, 0.3) is 0 Å². The Hall–Kier alpha value is -2.57. The minimum atomic E-state index is -0.565. The summed E-state index contributed by atoms with van der Waals surface area (Å²) in [7, 11) is 1.39. The van der Waals surface area contributed by atoms with Gasteiger partial charge >= 0.3 is 5.97 Å². The fourth-order valence-corrected chi connectivity index (χ4v) is 1.21. The first-order chi connectivity index (χ1) is 9.06. The number of rotatable bonds is 6. The highest BCUT2D eigenvalue weighted by molar-refractivity contribution is 5.81. The Kier molecular flexibility index (Phi) is 5.34. The monoisotopic (exact) mass is 267 g/mol. The van der Waals surface area contributed by atoms with Crippen LogP contribution in [0, 0.1) is 10.1 Å². The van der Waals surface area contributed by atoms with Crippen LogP contribution >= 0.6 is 0 Å². The number of methoxy groups -OCH3 is 1. The summed E-state index contributed by atoms with van der Waals surface area (Å²) >= 11 is 0. The zero-order valence-electron chi connectivity index (χ0n) is 10.5. The number of nitro groups is 1. The summed E-state index contributed by atoms with van der Waals surface area (Å²) in [6, 6.07) is 3.95. The van der Waals surface area contributed by atoms with Crippen LogP contribution in [0.5, 0.6) is 11.5 Å². The molecule has 0 atom stereocenters. The van der Waals surface area contributed by atoms with Crippen LogP contribution in [0.15, 0.2) is 30.5 Å². The van der Waals surface area contributed by atoms with E-state index in [1.807, 2.05) is 0 Å². The van der Waals surface area contributed by atoms with Gasteiger partial charge in [-0.3, -0.25) is 10.1 Å². The first-order valence-electron chi connectivity index (χ1n) is 5.40. The summed E-state index contributed by atoms with van der Waals surface area (Å²) in [6.45, 7) is 1.94. The van der Waals surface area contributed by atoms with Crippen molar-refractivity contribution in [2.24, 2.45) is 0 Å². The van der Waals surface area contributed by atoms with E-state index in [9.17, 15) is 14.9 Å². The SMILES string of the molecule is CCOC(=O)/C=C/Oc1cc(OC)cc([N+](=O)[O-])c1. The molecule has 0 amide bonds. The molecule has 0 radical (unpaired) electrons. The molecule has 1 aromatic carbocycles. The van der Waals surface area contributed by atoms with E-state index in [1.54, 1.807) is 6.92 Å². The fraction of sp³-hybridized carbons (Fsp3) is 0.250. The number of ether oxygens (including phenoxy) is 3. The van der Waals surface area contributed by atoms with Crippen LogP contribution in [-0.4, -0.2) is 24.6 Å². The van der Waals surface area contributed by atoms with Crippen LogP contribution < -0.4 is 9.47 Å². The maximum atomic E-state index is 11.0. The van der Waals surface area contributed by atoms with Gasteiger partial charge in [0.05, 0.1) is 43.1 Å². The standard InChI is InChI=1S/C12H13NO6/c1-3-18-12(14)4-5-19-11-7-9(13(15)16)6-10(8-11)17-2/h4-8H,3H2,1-2H3/b5-4+. The molecule has 0 aromatic heterocycles. The van der Waals surface area contributed by atoms with E-state index in [2.05, 4.69) is 4.74 Å². The molecule has 0 heterocycles. The maximum Gasteiger partial charge on any atom is 0.333 e. The second kappa shape index (κ2) is 7.00. The van der Waals surface area contributed by atoms with Gasteiger partial charge in [0.25, 0.3) is 5.69 Å². The fourth-order valence-electron chi connectivity index (χ4n) is 1.21. The highest BCUT2D eigenvalue weighted by Gasteiger charge is 2.10. The van der Waals surface area contributed by atoms with Crippen LogP contribution in [0.1, 0.15) is 6.92 Å². The maximum absolute atomic E-state index is 11.0. The van der Waals surface area contributed by atoms with Gasteiger partial charge in [0.1, 0.15) is 11.5 Å². The van der Waals surface area contributed by atoms with Crippen LogP contribution in [-0.2, 0) is 9.53 Å².